The average molecular weight is 207 g/mol. The molecule has 0 bridgehead atoms. The van der Waals surface area contributed by atoms with Crippen LogP contribution < -0.4 is 0 Å². The van der Waals surface area contributed by atoms with E-state index in [2.05, 4.69) is 4.74 Å². The van der Waals surface area contributed by atoms with Gasteiger partial charge in [-0.15, -0.1) is 0 Å². The Morgan fingerprint density at radius 1 is 1.50 bits per heavy atom. The Morgan fingerprint density at radius 2 is 2.14 bits per heavy atom. The lowest BCUT2D eigenvalue weighted by Crippen LogP contribution is -2.43. The molecule has 1 aliphatic heterocycles. The molecule has 1 fully saturated rings. The highest BCUT2D eigenvalue weighted by molar-refractivity contribution is 5.86. The summed E-state index contributed by atoms with van der Waals surface area (Å²) in [6.07, 6.45) is -2.11. The van der Waals surface area contributed by atoms with Gasteiger partial charge < -0.3 is 9.64 Å². The smallest absolute Gasteiger partial charge is 0.328 e. The zero-order valence-corrected chi connectivity index (χ0v) is 7.70. The van der Waals surface area contributed by atoms with Crippen molar-refractivity contribution in [3.63, 3.8) is 0 Å². The molecule has 1 atom stereocenters. The fourth-order valence-corrected chi connectivity index (χ4v) is 1.54. The van der Waals surface area contributed by atoms with E-state index >= 15 is 0 Å². The summed E-state index contributed by atoms with van der Waals surface area (Å²) in [5.41, 5.74) is 0. The summed E-state index contributed by atoms with van der Waals surface area (Å²) < 4.78 is 28.6. The lowest BCUT2D eigenvalue weighted by Gasteiger charge is -2.21. The third-order valence-corrected chi connectivity index (χ3v) is 2.20. The molecule has 6 heteroatoms. The largest absolute Gasteiger partial charge is 0.467 e. The molecule has 1 saturated heterocycles. The molecule has 0 aromatic heterocycles. The van der Waals surface area contributed by atoms with Crippen LogP contribution in [0.4, 0.5) is 8.78 Å². The Balaban J connectivity index is 2.68. The summed E-state index contributed by atoms with van der Waals surface area (Å²) in [5, 5.41) is 0. The van der Waals surface area contributed by atoms with Crippen LogP contribution in [0.1, 0.15) is 12.8 Å². The standard InChI is InChI=1S/C8H11F2NO3/c1-14-8(13)5-3-2-4-11(5)7(12)6(9)10/h5-6H,2-4H2,1H3. The fourth-order valence-electron chi connectivity index (χ4n) is 1.54. The van der Waals surface area contributed by atoms with Gasteiger partial charge in [0.15, 0.2) is 0 Å². The van der Waals surface area contributed by atoms with E-state index in [9.17, 15) is 18.4 Å². The Bertz CT molecular complexity index is 245. The molecule has 0 aromatic rings. The Morgan fingerprint density at radius 3 is 2.64 bits per heavy atom. The highest BCUT2D eigenvalue weighted by atomic mass is 19.3. The topological polar surface area (TPSA) is 46.6 Å². The molecular formula is C8H11F2NO3. The Kier molecular flexibility index (Phi) is 3.38. The number of methoxy groups -OCH3 is 1. The van der Waals surface area contributed by atoms with Crippen LogP contribution in [-0.4, -0.2) is 42.9 Å². The number of halogens is 2. The van der Waals surface area contributed by atoms with E-state index in [1.807, 2.05) is 0 Å². The highest BCUT2D eigenvalue weighted by Gasteiger charge is 2.37. The molecule has 1 aliphatic rings. The molecule has 0 saturated carbocycles. The number of carbonyl (C=O) groups is 2. The zero-order valence-electron chi connectivity index (χ0n) is 7.70. The third-order valence-electron chi connectivity index (χ3n) is 2.20. The Hall–Kier alpha value is -1.20. The molecule has 1 rings (SSSR count). The number of hydrogen-bond donors (Lipinski definition) is 0. The van der Waals surface area contributed by atoms with Crippen LogP contribution in [0.25, 0.3) is 0 Å². The fraction of sp³-hybridized carbons (Fsp3) is 0.750. The number of alkyl halides is 2. The second-order valence-electron chi connectivity index (χ2n) is 3.01. The van der Waals surface area contributed by atoms with Crippen LogP contribution in [0, 0.1) is 0 Å². The van der Waals surface area contributed by atoms with Crippen LogP contribution >= 0.6 is 0 Å². The number of hydrogen-bond acceptors (Lipinski definition) is 3. The van der Waals surface area contributed by atoms with Crippen LogP contribution in [0.5, 0.6) is 0 Å². The first-order valence-corrected chi connectivity index (χ1v) is 4.24. The van der Waals surface area contributed by atoms with Gasteiger partial charge in [0.2, 0.25) is 0 Å². The first-order valence-electron chi connectivity index (χ1n) is 4.24. The maximum Gasteiger partial charge on any atom is 0.328 e. The van der Waals surface area contributed by atoms with Crippen molar-refractivity contribution in [2.45, 2.75) is 25.3 Å². The van der Waals surface area contributed by atoms with Crippen molar-refractivity contribution in [1.29, 1.82) is 0 Å². The van der Waals surface area contributed by atoms with Crippen molar-refractivity contribution in [3.05, 3.63) is 0 Å². The monoisotopic (exact) mass is 207 g/mol. The summed E-state index contributed by atoms with van der Waals surface area (Å²) in [5.74, 6) is -1.92. The number of likely N-dealkylation sites (tertiary alicyclic amines) is 1. The molecule has 1 amide bonds. The molecule has 0 N–H and O–H groups in total. The first kappa shape index (κ1) is 10.9. The highest BCUT2D eigenvalue weighted by Crippen LogP contribution is 2.20. The Labute approximate surface area is 79.8 Å². The van der Waals surface area contributed by atoms with Gasteiger partial charge in [-0.2, -0.15) is 8.78 Å². The lowest BCUT2D eigenvalue weighted by atomic mass is 10.2. The molecule has 14 heavy (non-hydrogen) atoms. The van der Waals surface area contributed by atoms with Gasteiger partial charge in [0.25, 0.3) is 5.91 Å². The summed E-state index contributed by atoms with van der Waals surface area (Å²) in [7, 11) is 1.17. The molecule has 1 unspecified atom stereocenters. The first-order chi connectivity index (χ1) is 6.57. The molecule has 0 aliphatic carbocycles. The molecule has 1 heterocycles. The van der Waals surface area contributed by atoms with Crippen molar-refractivity contribution < 1.29 is 23.1 Å². The predicted molar refractivity (Wildman–Crippen MR) is 42.8 cm³/mol. The van der Waals surface area contributed by atoms with Gasteiger partial charge in [-0.25, -0.2) is 4.79 Å². The molecule has 0 spiro atoms. The number of rotatable bonds is 2. The second kappa shape index (κ2) is 4.34. The maximum atomic E-state index is 12.1. The van der Waals surface area contributed by atoms with Crippen molar-refractivity contribution >= 4 is 11.9 Å². The molecule has 80 valence electrons. The summed E-state index contributed by atoms with van der Waals surface area (Å²) in [4.78, 5) is 22.9. The number of carbonyl (C=O) groups excluding carboxylic acids is 2. The third kappa shape index (κ3) is 2.00. The van der Waals surface area contributed by atoms with E-state index in [0.717, 1.165) is 4.90 Å². The molecule has 0 radical (unpaired) electrons. The maximum absolute atomic E-state index is 12.1. The van der Waals surface area contributed by atoms with Gasteiger partial charge in [0, 0.05) is 6.54 Å². The van der Waals surface area contributed by atoms with Crippen LogP contribution in [0.3, 0.4) is 0 Å². The van der Waals surface area contributed by atoms with E-state index < -0.39 is 24.3 Å². The summed E-state index contributed by atoms with van der Waals surface area (Å²) in [6, 6.07) is -0.832. The predicted octanol–water partition coefficient (Wildman–Crippen LogP) is 0.415. The second-order valence-corrected chi connectivity index (χ2v) is 3.01. The number of nitrogens with zero attached hydrogens (tertiary/aromatic N) is 1. The van der Waals surface area contributed by atoms with Crippen molar-refractivity contribution in [1.82, 2.24) is 4.90 Å². The van der Waals surface area contributed by atoms with Crippen molar-refractivity contribution in [3.8, 4) is 0 Å². The van der Waals surface area contributed by atoms with Gasteiger partial charge in [-0.3, -0.25) is 4.79 Å². The van der Waals surface area contributed by atoms with Crippen LogP contribution in [-0.2, 0) is 14.3 Å². The van der Waals surface area contributed by atoms with Crippen LogP contribution in [0.2, 0.25) is 0 Å². The van der Waals surface area contributed by atoms with Gasteiger partial charge in [-0.05, 0) is 12.8 Å². The van der Waals surface area contributed by atoms with E-state index in [1.165, 1.54) is 7.11 Å². The van der Waals surface area contributed by atoms with Crippen molar-refractivity contribution in [2.24, 2.45) is 0 Å². The SMILES string of the molecule is COC(=O)C1CCCN1C(=O)C(F)F. The summed E-state index contributed by atoms with van der Waals surface area (Å²) >= 11 is 0. The number of esters is 1. The molecular weight excluding hydrogens is 196 g/mol. The van der Waals surface area contributed by atoms with E-state index in [1.54, 1.807) is 0 Å². The van der Waals surface area contributed by atoms with Gasteiger partial charge in [-0.1, -0.05) is 0 Å². The van der Waals surface area contributed by atoms with E-state index in [0.29, 0.717) is 12.8 Å². The minimum atomic E-state index is -3.06. The minimum Gasteiger partial charge on any atom is -0.467 e. The summed E-state index contributed by atoms with van der Waals surface area (Å²) in [6.45, 7) is 0.197. The number of amides is 1. The zero-order chi connectivity index (χ0) is 10.7. The van der Waals surface area contributed by atoms with E-state index in [4.69, 9.17) is 0 Å². The normalized spacial score (nSPS) is 21.4. The molecule has 0 aromatic carbocycles. The van der Waals surface area contributed by atoms with Crippen molar-refractivity contribution in [2.75, 3.05) is 13.7 Å². The average Bonchev–Trinajstić information content (AvgIpc) is 2.63. The van der Waals surface area contributed by atoms with E-state index in [-0.39, 0.29) is 6.54 Å². The number of ether oxygens (including phenoxy) is 1. The van der Waals surface area contributed by atoms with Gasteiger partial charge >= 0.3 is 12.4 Å². The molecule has 4 nitrogen and oxygen atoms in total. The quantitative estimate of drug-likeness (QED) is 0.616. The van der Waals surface area contributed by atoms with Gasteiger partial charge in [0.05, 0.1) is 7.11 Å². The lowest BCUT2D eigenvalue weighted by molar-refractivity contribution is -0.155. The van der Waals surface area contributed by atoms with Gasteiger partial charge in [0.1, 0.15) is 6.04 Å². The van der Waals surface area contributed by atoms with Crippen LogP contribution in [0.15, 0.2) is 0 Å². The minimum absolute atomic E-state index is 0.197.